The van der Waals surface area contributed by atoms with E-state index in [4.69, 9.17) is 11.6 Å². The summed E-state index contributed by atoms with van der Waals surface area (Å²) in [4.78, 5) is 25.4. The molecule has 0 spiro atoms. The topological polar surface area (TPSA) is 109 Å². The van der Waals surface area contributed by atoms with Crippen molar-refractivity contribution >= 4 is 43.7 Å². The maximum atomic E-state index is 12.6. The minimum absolute atomic E-state index is 0.0603. The lowest BCUT2D eigenvalue weighted by atomic mass is 10.2. The molecule has 0 fully saturated rings. The minimum atomic E-state index is -3.93. The number of halogens is 1. The molecule has 2 N–H and O–H groups in total. The van der Waals surface area contributed by atoms with Crippen LogP contribution in [0.15, 0.2) is 48.3 Å². The van der Waals surface area contributed by atoms with Crippen molar-refractivity contribution in [2.75, 3.05) is 0 Å². The predicted octanol–water partition coefficient (Wildman–Crippen LogP) is 1.47. The van der Waals surface area contributed by atoms with Crippen molar-refractivity contribution in [1.82, 2.24) is 9.71 Å². The highest BCUT2D eigenvalue weighted by molar-refractivity contribution is 7.93. The molecular formula is C12H7ClN2O5S2. The first-order valence-electron chi connectivity index (χ1n) is 5.79. The number of fused-ring (bicyclic) bond motifs is 1. The van der Waals surface area contributed by atoms with E-state index in [1.165, 1.54) is 18.2 Å². The second-order valence-electron chi connectivity index (χ2n) is 4.28. The molecule has 0 saturated heterocycles. The van der Waals surface area contributed by atoms with Crippen molar-refractivity contribution in [2.45, 2.75) is 9.10 Å². The summed E-state index contributed by atoms with van der Waals surface area (Å²) in [5, 5.41) is 10.6. The molecule has 3 aromatic rings. The SMILES string of the molecule is O=c1[nH]c2c(S(=O)(=O)c3cccs3)ccc(Cl)c2c(=O)n1O. The van der Waals surface area contributed by atoms with Gasteiger partial charge in [-0.1, -0.05) is 22.4 Å². The highest BCUT2D eigenvalue weighted by atomic mass is 35.5. The Balaban J connectivity index is 2.51. The lowest BCUT2D eigenvalue weighted by Gasteiger charge is -2.08. The molecule has 0 amide bonds. The van der Waals surface area contributed by atoms with Crippen LogP contribution < -0.4 is 11.2 Å². The van der Waals surface area contributed by atoms with E-state index < -0.39 is 21.1 Å². The summed E-state index contributed by atoms with van der Waals surface area (Å²) < 4.78 is 25.1. The highest BCUT2D eigenvalue weighted by Crippen LogP contribution is 2.30. The Hall–Kier alpha value is -2.10. The number of hydrogen-bond donors (Lipinski definition) is 2. The summed E-state index contributed by atoms with van der Waals surface area (Å²) in [5.41, 5.74) is -2.48. The van der Waals surface area contributed by atoms with Gasteiger partial charge in [-0.25, -0.2) is 13.2 Å². The van der Waals surface area contributed by atoms with E-state index in [1.54, 1.807) is 11.4 Å². The van der Waals surface area contributed by atoms with Gasteiger partial charge in [-0.3, -0.25) is 4.79 Å². The zero-order chi connectivity index (χ0) is 16.1. The van der Waals surface area contributed by atoms with Crippen molar-refractivity contribution in [3.05, 3.63) is 55.5 Å². The van der Waals surface area contributed by atoms with Gasteiger partial charge in [-0.2, -0.15) is 0 Å². The third kappa shape index (κ3) is 2.05. The van der Waals surface area contributed by atoms with E-state index in [2.05, 4.69) is 4.98 Å². The number of thiophene rings is 1. The average molecular weight is 359 g/mol. The first kappa shape index (κ1) is 14.8. The van der Waals surface area contributed by atoms with Crippen LogP contribution in [0.4, 0.5) is 0 Å². The van der Waals surface area contributed by atoms with E-state index in [1.807, 2.05) is 0 Å². The predicted molar refractivity (Wildman–Crippen MR) is 80.8 cm³/mol. The van der Waals surface area contributed by atoms with Crippen LogP contribution >= 0.6 is 22.9 Å². The lowest BCUT2D eigenvalue weighted by Crippen LogP contribution is -2.33. The van der Waals surface area contributed by atoms with E-state index in [9.17, 15) is 23.2 Å². The van der Waals surface area contributed by atoms with Crippen LogP contribution in [0.3, 0.4) is 0 Å². The summed E-state index contributed by atoms with van der Waals surface area (Å²) in [5.74, 6) is 0. The first-order chi connectivity index (χ1) is 10.3. The zero-order valence-corrected chi connectivity index (χ0v) is 13.0. The minimum Gasteiger partial charge on any atom is -0.421 e. The molecule has 3 rings (SSSR count). The lowest BCUT2D eigenvalue weighted by molar-refractivity contribution is 0.162. The van der Waals surface area contributed by atoms with Gasteiger partial charge in [0.25, 0.3) is 5.56 Å². The molecule has 0 aliphatic carbocycles. The number of aromatic amines is 1. The number of H-pyrrole nitrogens is 1. The Morgan fingerprint density at radius 3 is 2.59 bits per heavy atom. The van der Waals surface area contributed by atoms with Gasteiger partial charge in [-0.15, -0.1) is 11.3 Å². The van der Waals surface area contributed by atoms with Crippen molar-refractivity contribution < 1.29 is 13.6 Å². The molecule has 0 radical (unpaired) electrons. The van der Waals surface area contributed by atoms with Crippen LogP contribution in [0.2, 0.25) is 5.02 Å². The molecule has 10 heteroatoms. The molecule has 0 aliphatic heterocycles. The van der Waals surface area contributed by atoms with Gasteiger partial charge in [0.2, 0.25) is 9.84 Å². The van der Waals surface area contributed by atoms with Crippen molar-refractivity contribution in [2.24, 2.45) is 0 Å². The molecule has 7 nitrogen and oxygen atoms in total. The summed E-state index contributed by atoms with van der Waals surface area (Å²) in [6.07, 6.45) is 0. The number of nitrogens with one attached hydrogen (secondary N) is 1. The molecule has 0 saturated carbocycles. The fraction of sp³-hybridized carbons (Fsp3) is 0. The Morgan fingerprint density at radius 1 is 1.23 bits per heavy atom. The van der Waals surface area contributed by atoms with Gasteiger partial charge in [0.1, 0.15) is 4.21 Å². The quantitative estimate of drug-likeness (QED) is 0.674. The molecule has 2 heterocycles. The Bertz CT molecular complexity index is 1100. The summed E-state index contributed by atoms with van der Waals surface area (Å²) in [7, 11) is -3.93. The number of hydrogen-bond acceptors (Lipinski definition) is 6. The van der Waals surface area contributed by atoms with Gasteiger partial charge in [0.05, 0.1) is 20.8 Å². The fourth-order valence-corrected chi connectivity index (χ4v) is 4.77. The second-order valence-corrected chi connectivity index (χ2v) is 7.78. The Labute approximate surface area is 131 Å². The number of benzene rings is 1. The summed E-state index contributed by atoms with van der Waals surface area (Å²) in [6.45, 7) is 0. The van der Waals surface area contributed by atoms with Gasteiger partial charge >= 0.3 is 5.69 Å². The summed E-state index contributed by atoms with van der Waals surface area (Å²) in [6, 6.07) is 5.41. The second kappa shape index (κ2) is 4.97. The van der Waals surface area contributed by atoms with Crippen molar-refractivity contribution in [3.63, 3.8) is 0 Å². The van der Waals surface area contributed by atoms with Crippen LogP contribution in [-0.4, -0.2) is 23.3 Å². The van der Waals surface area contributed by atoms with Crippen LogP contribution in [0.25, 0.3) is 10.9 Å². The zero-order valence-electron chi connectivity index (χ0n) is 10.6. The third-order valence-corrected chi connectivity index (χ3v) is 6.50. The van der Waals surface area contributed by atoms with E-state index >= 15 is 0 Å². The molecule has 1 aromatic carbocycles. The van der Waals surface area contributed by atoms with E-state index in [0.717, 1.165) is 11.3 Å². The highest BCUT2D eigenvalue weighted by Gasteiger charge is 2.24. The van der Waals surface area contributed by atoms with Crippen molar-refractivity contribution in [1.29, 1.82) is 0 Å². The standard InChI is InChI=1S/C12H7ClN2O5S2/c13-6-3-4-7(22(19,20)8-2-1-5-21-8)10-9(6)11(16)15(18)12(17)14-10/h1-5,18H,(H,14,17). The Kier molecular flexibility index (Phi) is 3.35. The average Bonchev–Trinajstić information content (AvgIpc) is 2.99. The van der Waals surface area contributed by atoms with Crippen LogP contribution in [0.5, 0.6) is 0 Å². The van der Waals surface area contributed by atoms with Gasteiger partial charge < -0.3 is 10.2 Å². The molecular weight excluding hydrogens is 352 g/mol. The monoisotopic (exact) mass is 358 g/mol. The Morgan fingerprint density at radius 2 is 1.95 bits per heavy atom. The molecule has 22 heavy (non-hydrogen) atoms. The van der Waals surface area contributed by atoms with Crippen LogP contribution in [0.1, 0.15) is 0 Å². The van der Waals surface area contributed by atoms with E-state index in [-0.39, 0.29) is 29.8 Å². The van der Waals surface area contributed by atoms with Crippen LogP contribution in [-0.2, 0) is 9.84 Å². The molecule has 2 aromatic heterocycles. The normalized spacial score (nSPS) is 11.9. The van der Waals surface area contributed by atoms with Gasteiger partial charge in [-0.05, 0) is 23.6 Å². The maximum Gasteiger partial charge on any atom is 0.362 e. The molecule has 0 atom stereocenters. The molecule has 0 bridgehead atoms. The first-order valence-corrected chi connectivity index (χ1v) is 8.53. The summed E-state index contributed by atoms with van der Waals surface area (Å²) >= 11 is 6.90. The number of rotatable bonds is 2. The largest absolute Gasteiger partial charge is 0.421 e. The number of sulfone groups is 1. The smallest absolute Gasteiger partial charge is 0.362 e. The molecule has 0 aliphatic rings. The van der Waals surface area contributed by atoms with Crippen molar-refractivity contribution in [3.8, 4) is 0 Å². The molecule has 114 valence electrons. The fourth-order valence-electron chi connectivity index (χ4n) is 2.00. The number of nitrogens with zero attached hydrogens (tertiary/aromatic N) is 1. The molecule has 0 unspecified atom stereocenters. The maximum absolute atomic E-state index is 12.6. The van der Waals surface area contributed by atoms with Gasteiger partial charge in [0.15, 0.2) is 0 Å². The van der Waals surface area contributed by atoms with E-state index in [0.29, 0.717) is 0 Å². The third-order valence-electron chi connectivity index (χ3n) is 3.00. The van der Waals surface area contributed by atoms with Crippen LogP contribution in [0, 0.1) is 0 Å². The van der Waals surface area contributed by atoms with Gasteiger partial charge in [0, 0.05) is 0 Å². The number of aromatic nitrogens is 2.